The molecular weight excluding hydrogens is 585 g/mol. The normalized spacial score (nSPS) is 16.4. The number of aryl methyl sites for hydroxylation is 1. The van der Waals surface area contributed by atoms with Gasteiger partial charge in [0.2, 0.25) is 0 Å². The van der Waals surface area contributed by atoms with E-state index in [1.807, 2.05) is 10.9 Å². The SMILES string of the molecule is COc1cc(C(=O)NC[C@](O)(c2cc(C)c(OCC(F)F)c(-c3ccc(F)c(Cl)c3)n2)C2CC2)cc2cn(C3CC3)nc12. The van der Waals surface area contributed by atoms with Gasteiger partial charge in [-0.15, -0.1) is 0 Å². The second-order valence-electron chi connectivity index (χ2n) is 11.2. The van der Waals surface area contributed by atoms with E-state index in [9.17, 15) is 23.1 Å². The number of halogens is 4. The Bertz CT molecular complexity index is 1710. The fourth-order valence-corrected chi connectivity index (χ4v) is 5.49. The quantitative estimate of drug-likeness (QED) is 0.208. The number of pyridine rings is 1. The smallest absolute Gasteiger partial charge is 0.272 e. The summed E-state index contributed by atoms with van der Waals surface area (Å²) in [4.78, 5) is 18.0. The summed E-state index contributed by atoms with van der Waals surface area (Å²) in [5.74, 6) is -0.733. The number of nitrogens with one attached hydrogen (secondary N) is 1. The Labute approximate surface area is 250 Å². The number of methoxy groups -OCH3 is 1. The molecule has 2 fully saturated rings. The van der Waals surface area contributed by atoms with Crippen molar-refractivity contribution in [3.8, 4) is 22.8 Å². The lowest BCUT2D eigenvalue weighted by Gasteiger charge is -2.29. The monoisotopic (exact) mass is 614 g/mol. The van der Waals surface area contributed by atoms with E-state index in [1.165, 1.54) is 19.2 Å². The van der Waals surface area contributed by atoms with Crippen molar-refractivity contribution < 1.29 is 32.5 Å². The highest BCUT2D eigenvalue weighted by molar-refractivity contribution is 6.31. The van der Waals surface area contributed by atoms with Crippen LogP contribution in [0, 0.1) is 18.7 Å². The Morgan fingerprint density at radius 1 is 1.21 bits per heavy atom. The number of amides is 1. The van der Waals surface area contributed by atoms with E-state index in [0.29, 0.717) is 46.8 Å². The van der Waals surface area contributed by atoms with Crippen LogP contribution in [0.1, 0.15) is 53.3 Å². The number of ether oxygens (including phenoxy) is 2. The van der Waals surface area contributed by atoms with Crippen LogP contribution in [0.3, 0.4) is 0 Å². The zero-order chi connectivity index (χ0) is 30.5. The van der Waals surface area contributed by atoms with Crippen molar-refractivity contribution in [1.29, 1.82) is 0 Å². The van der Waals surface area contributed by atoms with Crippen molar-refractivity contribution in [3.63, 3.8) is 0 Å². The molecule has 2 aliphatic rings. The summed E-state index contributed by atoms with van der Waals surface area (Å²) >= 11 is 6.02. The van der Waals surface area contributed by atoms with Gasteiger partial charge in [-0.1, -0.05) is 11.6 Å². The first kappa shape index (κ1) is 29.3. The average molecular weight is 615 g/mol. The molecule has 1 atom stereocenters. The first-order valence-corrected chi connectivity index (χ1v) is 14.4. The van der Waals surface area contributed by atoms with Gasteiger partial charge in [-0.2, -0.15) is 5.10 Å². The number of carbonyl (C=O) groups excluding carboxylic acids is 1. The fraction of sp³-hybridized carbons (Fsp3) is 0.387. The first-order valence-electron chi connectivity index (χ1n) is 14.0. The minimum absolute atomic E-state index is 0.0704. The standard InChI is InChI=1S/C31H30ClF3N4O4/c1-16-9-25(37-28(29(16)43-14-26(34)35)17-3-8-23(33)22(32)11-17)31(41,20-4-5-20)15-36-30(40)18-10-19-13-39(21-6-7-21)38-27(19)24(12-18)42-2/h3,8-13,20-21,26,41H,4-7,14-15H2,1-2H3,(H,36,40)/t31-/m1/s1. The van der Waals surface area contributed by atoms with Crippen LogP contribution in [0.4, 0.5) is 13.2 Å². The highest BCUT2D eigenvalue weighted by atomic mass is 35.5. The minimum atomic E-state index is -2.73. The minimum Gasteiger partial charge on any atom is -0.494 e. The van der Waals surface area contributed by atoms with Crippen molar-refractivity contribution in [2.24, 2.45) is 5.92 Å². The van der Waals surface area contributed by atoms with Crippen LogP contribution in [0.25, 0.3) is 22.2 Å². The number of hydrogen-bond acceptors (Lipinski definition) is 6. The molecule has 43 heavy (non-hydrogen) atoms. The Balaban J connectivity index is 1.32. The molecule has 0 saturated heterocycles. The van der Waals surface area contributed by atoms with Crippen molar-refractivity contribution in [3.05, 3.63) is 70.3 Å². The fourth-order valence-electron chi connectivity index (χ4n) is 5.31. The van der Waals surface area contributed by atoms with Crippen molar-refractivity contribution >= 4 is 28.4 Å². The van der Waals surface area contributed by atoms with Crippen LogP contribution in [0.15, 0.2) is 42.6 Å². The Morgan fingerprint density at radius 2 is 1.98 bits per heavy atom. The van der Waals surface area contributed by atoms with Gasteiger partial charge in [0, 0.05) is 22.7 Å². The first-order chi connectivity index (χ1) is 20.6. The molecule has 226 valence electrons. The molecule has 2 aromatic carbocycles. The van der Waals surface area contributed by atoms with Gasteiger partial charge < -0.3 is 19.9 Å². The molecule has 1 amide bonds. The van der Waals surface area contributed by atoms with Gasteiger partial charge >= 0.3 is 0 Å². The summed E-state index contributed by atoms with van der Waals surface area (Å²) in [6.45, 7) is 0.613. The van der Waals surface area contributed by atoms with Crippen molar-refractivity contribution in [2.75, 3.05) is 20.3 Å². The molecule has 2 N–H and O–H groups in total. The number of alkyl halides is 2. The maximum absolute atomic E-state index is 13.9. The highest BCUT2D eigenvalue weighted by Gasteiger charge is 2.47. The van der Waals surface area contributed by atoms with Gasteiger partial charge in [0.15, 0.2) is 0 Å². The van der Waals surface area contributed by atoms with Crippen molar-refractivity contribution in [2.45, 2.75) is 50.7 Å². The third kappa shape index (κ3) is 5.88. The molecule has 0 unspecified atom stereocenters. The number of aliphatic hydroxyl groups is 1. The van der Waals surface area contributed by atoms with Gasteiger partial charge in [0.05, 0.1) is 30.4 Å². The predicted octanol–water partition coefficient (Wildman–Crippen LogP) is 6.21. The van der Waals surface area contributed by atoms with Crippen LogP contribution in [-0.4, -0.2) is 52.5 Å². The summed E-state index contributed by atoms with van der Waals surface area (Å²) < 4.78 is 52.9. The number of nitrogens with zero attached hydrogens (tertiary/aromatic N) is 3. The third-order valence-electron chi connectivity index (χ3n) is 7.91. The van der Waals surface area contributed by atoms with Crippen molar-refractivity contribution in [1.82, 2.24) is 20.1 Å². The van der Waals surface area contributed by atoms with E-state index in [-0.39, 0.29) is 34.6 Å². The van der Waals surface area contributed by atoms with Gasteiger partial charge in [-0.05, 0) is 80.5 Å². The van der Waals surface area contributed by atoms with Gasteiger partial charge in [0.1, 0.15) is 40.7 Å². The summed E-state index contributed by atoms with van der Waals surface area (Å²) in [7, 11) is 1.52. The molecule has 2 aliphatic carbocycles. The molecule has 0 aliphatic heterocycles. The Hall–Kier alpha value is -3.83. The lowest BCUT2D eigenvalue weighted by Crippen LogP contribution is -2.43. The Morgan fingerprint density at radius 3 is 2.63 bits per heavy atom. The molecular formula is C31H30ClF3N4O4. The molecule has 4 aromatic rings. The van der Waals surface area contributed by atoms with Crippen LogP contribution in [-0.2, 0) is 5.60 Å². The number of fused-ring (bicyclic) bond motifs is 1. The summed E-state index contributed by atoms with van der Waals surface area (Å²) in [6.07, 6.45) is 2.70. The van der Waals surface area contributed by atoms with Gasteiger partial charge in [-0.25, -0.2) is 18.2 Å². The van der Waals surface area contributed by atoms with E-state index in [2.05, 4.69) is 15.4 Å². The summed E-state index contributed by atoms with van der Waals surface area (Å²) in [6, 6.07) is 9.17. The number of carbonyl (C=O) groups is 1. The molecule has 0 radical (unpaired) electrons. The summed E-state index contributed by atoms with van der Waals surface area (Å²) in [5.41, 5.74) is 0.564. The number of hydrogen-bond donors (Lipinski definition) is 2. The average Bonchev–Trinajstić information content (AvgIpc) is 3.92. The Kier molecular flexibility index (Phi) is 7.72. The molecule has 0 bridgehead atoms. The van der Waals surface area contributed by atoms with E-state index >= 15 is 0 Å². The van der Waals surface area contributed by atoms with Crippen LogP contribution in [0.5, 0.6) is 11.5 Å². The van der Waals surface area contributed by atoms with Crippen LogP contribution < -0.4 is 14.8 Å². The summed E-state index contributed by atoms with van der Waals surface area (Å²) in [5, 5.41) is 20.1. The molecule has 6 rings (SSSR count). The molecule has 12 heteroatoms. The zero-order valence-electron chi connectivity index (χ0n) is 23.5. The molecule has 2 aromatic heterocycles. The number of benzene rings is 2. The van der Waals surface area contributed by atoms with E-state index in [4.69, 9.17) is 21.1 Å². The molecule has 2 saturated carbocycles. The second kappa shape index (κ2) is 11.3. The second-order valence-corrected chi connectivity index (χ2v) is 11.6. The molecule has 8 nitrogen and oxygen atoms in total. The molecule has 2 heterocycles. The topological polar surface area (TPSA) is 98.5 Å². The third-order valence-corrected chi connectivity index (χ3v) is 8.20. The maximum atomic E-state index is 13.9. The number of aromatic nitrogens is 3. The zero-order valence-corrected chi connectivity index (χ0v) is 24.3. The predicted molar refractivity (Wildman–Crippen MR) is 154 cm³/mol. The van der Waals surface area contributed by atoms with Gasteiger partial charge in [0.25, 0.3) is 12.3 Å². The highest BCUT2D eigenvalue weighted by Crippen LogP contribution is 2.47. The van der Waals surface area contributed by atoms with Crippen LogP contribution >= 0.6 is 11.6 Å². The largest absolute Gasteiger partial charge is 0.494 e. The van der Waals surface area contributed by atoms with E-state index < -0.39 is 30.4 Å². The van der Waals surface area contributed by atoms with Crippen LogP contribution in [0.2, 0.25) is 5.02 Å². The lowest BCUT2D eigenvalue weighted by molar-refractivity contribution is 0.00937. The van der Waals surface area contributed by atoms with Gasteiger partial charge in [-0.3, -0.25) is 9.48 Å². The number of rotatable bonds is 11. The van der Waals surface area contributed by atoms with E-state index in [0.717, 1.165) is 24.3 Å². The maximum Gasteiger partial charge on any atom is 0.272 e. The molecule has 0 spiro atoms. The van der Waals surface area contributed by atoms with E-state index in [1.54, 1.807) is 25.1 Å². The lowest BCUT2D eigenvalue weighted by atomic mass is 9.90.